The van der Waals surface area contributed by atoms with Gasteiger partial charge < -0.3 is 14.2 Å². The third-order valence-corrected chi connectivity index (χ3v) is 3.58. The van der Waals surface area contributed by atoms with E-state index in [-0.39, 0.29) is 18.2 Å². The van der Waals surface area contributed by atoms with E-state index in [0.717, 1.165) is 0 Å². The molecule has 126 valence electrons. The number of hydrogen-bond donors (Lipinski definition) is 0. The van der Waals surface area contributed by atoms with Gasteiger partial charge in [-0.15, -0.1) is 0 Å². The lowest BCUT2D eigenvalue weighted by Gasteiger charge is -2.10. The van der Waals surface area contributed by atoms with E-state index in [0.29, 0.717) is 34.8 Å². The van der Waals surface area contributed by atoms with Crippen molar-refractivity contribution in [3.05, 3.63) is 53.6 Å². The highest BCUT2D eigenvalue weighted by Gasteiger charge is 2.14. The van der Waals surface area contributed by atoms with Crippen LogP contribution >= 0.6 is 0 Å². The average Bonchev–Trinajstić information content (AvgIpc) is 2.65. The summed E-state index contributed by atoms with van der Waals surface area (Å²) in [6.45, 7) is 1.69. The molecule has 0 fully saturated rings. The van der Waals surface area contributed by atoms with Crippen molar-refractivity contribution < 1.29 is 23.8 Å². The normalized spacial score (nSPS) is 10.1. The van der Waals surface area contributed by atoms with Crippen molar-refractivity contribution in [2.24, 2.45) is 0 Å². The highest BCUT2D eigenvalue weighted by atomic mass is 16.5. The molecule has 0 bridgehead atoms. The summed E-state index contributed by atoms with van der Waals surface area (Å²) >= 11 is 0. The second-order valence-electron chi connectivity index (χ2n) is 5.08. The monoisotopic (exact) mass is 328 g/mol. The predicted octanol–water partition coefficient (Wildman–Crippen LogP) is 3.56. The fourth-order valence-electron chi connectivity index (χ4n) is 2.20. The minimum Gasteiger partial charge on any atom is -0.497 e. The van der Waals surface area contributed by atoms with Gasteiger partial charge in [0.15, 0.2) is 12.4 Å². The molecule has 24 heavy (non-hydrogen) atoms. The lowest BCUT2D eigenvalue weighted by atomic mass is 10.1. The smallest absolute Gasteiger partial charge is 0.203 e. The standard InChI is InChI=1S/C19H20O5/c1-4-17(20)13-5-7-14(8-6-13)24-12-18(21)16-10-9-15(22-2)11-19(16)23-3/h5-11H,4,12H2,1-3H3. The van der Waals surface area contributed by atoms with E-state index in [1.807, 2.05) is 6.92 Å². The average molecular weight is 328 g/mol. The Morgan fingerprint density at radius 1 is 0.875 bits per heavy atom. The summed E-state index contributed by atoms with van der Waals surface area (Å²) in [6, 6.07) is 11.7. The molecule has 0 spiro atoms. The third-order valence-electron chi connectivity index (χ3n) is 3.58. The molecule has 0 aliphatic rings. The first-order valence-electron chi connectivity index (χ1n) is 7.60. The Balaban J connectivity index is 2.04. The van der Waals surface area contributed by atoms with Gasteiger partial charge in [0.1, 0.15) is 17.2 Å². The van der Waals surface area contributed by atoms with E-state index in [2.05, 4.69) is 0 Å². The van der Waals surface area contributed by atoms with Gasteiger partial charge in [0, 0.05) is 18.1 Å². The number of Topliss-reactive ketones (excluding diaryl/α,β-unsaturated/α-hetero) is 2. The van der Waals surface area contributed by atoms with Crippen LogP contribution in [0.25, 0.3) is 0 Å². The van der Waals surface area contributed by atoms with Gasteiger partial charge in [-0.1, -0.05) is 6.92 Å². The van der Waals surface area contributed by atoms with Crippen LogP contribution < -0.4 is 14.2 Å². The fraction of sp³-hybridized carbons (Fsp3) is 0.263. The summed E-state index contributed by atoms with van der Waals surface area (Å²) in [7, 11) is 3.04. The Labute approximate surface area is 141 Å². The van der Waals surface area contributed by atoms with Crippen LogP contribution in [-0.2, 0) is 0 Å². The summed E-state index contributed by atoms with van der Waals surface area (Å²) < 4.78 is 15.8. The maximum Gasteiger partial charge on any atom is 0.203 e. The molecule has 0 atom stereocenters. The van der Waals surface area contributed by atoms with E-state index in [1.165, 1.54) is 7.11 Å². The first-order chi connectivity index (χ1) is 11.6. The fourth-order valence-corrected chi connectivity index (χ4v) is 2.20. The number of ether oxygens (including phenoxy) is 3. The summed E-state index contributed by atoms with van der Waals surface area (Å²) in [5.74, 6) is 1.44. The number of ketones is 2. The second-order valence-corrected chi connectivity index (χ2v) is 5.08. The highest BCUT2D eigenvalue weighted by molar-refractivity contribution is 6.00. The van der Waals surface area contributed by atoms with Gasteiger partial charge in [-0.25, -0.2) is 0 Å². The Morgan fingerprint density at radius 3 is 2.12 bits per heavy atom. The van der Waals surface area contributed by atoms with Crippen LogP contribution in [0.5, 0.6) is 17.2 Å². The molecule has 2 aromatic rings. The van der Waals surface area contributed by atoms with Crippen molar-refractivity contribution in [1.29, 1.82) is 0 Å². The molecule has 0 N–H and O–H groups in total. The van der Waals surface area contributed by atoms with Crippen LogP contribution in [0.1, 0.15) is 34.1 Å². The van der Waals surface area contributed by atoms with Crippen molar-refractivity contribution in [1.82, 2.24) is 0 Å². The molecule has 0 aromatic heterocycles. The molecule has 0 saturated heterocycles. The Bertz CT molecular complexity index is 719. The number of methoxy groups -OCH3 is 2. The molecular formula is C19H20O5. The predicted molar refractivity (Wildman–Crippen MR) is 90.4 cm³/mol. The molecule has 0 unspecified atom stereocenters. The largest absolute Gasteiger partial charge is 0.497 e. The molecule has 5 nitrogen and oxygen atoms in total. The molecule has 0 saturated carbocycles. The summed E-state index contributed by atoms with van der Waals surface area (Å²) in [6.07, 6.45) is 0.454. The van der Waals surface area contributed by atoms with Crippen molar-refractivity contribution in [3.63, 3.8) is 0 Å². The Morgan fingerprint density at radius 2 is 1.54 bits per heavy atom. The SMILES string of the molecule is CCC(=O)c1ccc(OCC(=O)c2ccc(OC)cc2OC)cc1. The zero-order chi connectivity index (χ0) is 17.5. The van der Waals surface area contributed by atoms with Crippen molar-refractivity contribution >= 4 is 11.6 Å². The van der Waals surface area contributed by atoms with Crippen molar-refractivity contribution in [2.45, 2.75) is 13.3 Å². The molecule has 2 aromatic carbocycles. The van der Waals surface area contributed by atoms with Crippen molar-refractivity contribution in [3.8, 4) is 17.2 Å². The van der Waals surface area contributed by atoms with Gasteiger partial charge in [0.05, 0.1) is 19.8 Å². The number of rotatable bonds is 8. The molecule has 0 heterocycles. The molecule has 0 amide bonds. The van der Waals surface area contributed by atoms with E-state index < -0.39 is 0 Å². The van der Waals surface area contributed by atoms with Gasteiger partial charge in [-0.3, -0.25) is 9.59 Å². The van der Waals surface area contributed by atoms with Crippen LogP contribution in [-0.4, -0.2) is 32.4 Å². The van der Waals surface area contributed by atoms with Gasteiger partial charge in [-0.2, -0.15) is 0 Å². The van der Waals surface area contributed by atoms with Gasteiger partial charge in [0.25, 0.3) is 0 Å². The number of carbonyl (C=O) groups is 2. The zero-order valence-corrected chi connectivity index (χ0v) is 14.0. The van der Waals surface area contributed by atoms with Crippen LogP contribution in [0, 0.1) is 0 Å². The summed E-state index contributed by atoms with van der Waals surface area (Å²) in [5, 5.41) is 0. The minimum absolute atomic E-state index is 0.0700. The van der Waals surface area contributed by atoms with E-state index in [9.17, 15) is 9.59 Å². The van der Waals surface area contributed by atoms with Crippen LogP contribution in [0.15, 0.2) is 42.5 Å². The summed E-state index contributed by atoms with van der Waals surface area (Å²) in [4.78, 5) is 23.9. The first kappa shape index (κ1) is 17.5. The van der Waals surface area contributed by atoms with Crippen LogP contribution in [0.3, 0.4) is 0 Å². The van der Waals surface area contributed by atoms with Crippen molar-refractivity contribution in [2.75, 3.05) is 20.8 Å². The number of carbonyl (C=O) groups excluding carboxylic acids is 2. The molecular weight excluding hydrogens is 308 g/mol. The maximum atomic E-state index is 12.3. The molecule has 0 aliphatic carbocycles. The Kier molecular flexibility index (Phi) is 5.95. The van der Waals surface area contributed by atoms with Gasteiger partial charge >= 0.3 is 0 Å². The Hall–Kier alpha value is -2.82. The maximum absolute atomic E-state index is 12.3. The van der Waals surface area contributed by atoms with Gasteiger partial charge in [0.2, 0.25) is 5.78 Å². The molecule has 0 aliphatic heterocycles. The minimum atomic E-state index is -0.205. The highest BCUT2D eigenvalue weighted by Crippen LogP contribution is 2.25. The topological polar surface area (TPSA) is 61.8 Å². The number of hydrogen-bond acceptors (Lipinski definition) is 5. The molecule has 2 rings (SSSR count). The molecule has 0 radical (unpaired) electrons. The molecule has 5 heteroatoms. The third kappa shape index (κ3) is 4.13. The zero-order valence-electron chi connectivity index (χ0n) is 14.0. The lowest BCUT2D eigenvalue weighted by molar-refractivity contribution is 0.0917. The quantitative estimate of drug-likeness (QED) is 0.693. The van der Waals surface area contributed by atoms with E-state index >= 15 is 0 Å². The van der Waals surface area contributed by atoms with E-state index in [4.69, 9.17) is 14.2 Å². The second kappa shape index (κ2) is 8.15. The first-order valence-corrected chi connectivity index (χ1v) is 7.60. The van der Waals surface area contributed by atoms with Crippen LogP contribution in [0.2, 0.25) is 0 Å². The van der Waals surface area contributed by atoms with E-state index in [1.54, 1.807) is 49.6 Å². The van der Waals surface area contributed by atoms with Gasteiger partial charge in [-0.05, 0) is 36.4 Å². The van der Waals surface area contributed by atoms with Crippen LogP contribution in [0.4, 0.5) is 0 Å². The summed E-state index contributed by atoms with van der Waals surface area (Å²) in [5.41, 5.74) is 1.06. The lowest BCUT2D eigenvalue weighted by Crippen LogP contribution is -2.13. The number of benzene rings is 2.